The van der Waals surface area contributed by atoms with Gasteiger partial charge < -0.3 is 14.6 Å². The van der Waals surface area contributed by atoms with Gasteiger partial charge in [0.2, 0.25) is 0 Å². The van der Waals surface area contributed by atoms with Gasteiger partial charge in [0, 0.05) is 18.7 Å². The van der Waals surface area contributed by atoms with E-state index in [0.717, 1.165) is 11.3 Å². The van der Waals surface area contributed by atoms with Crippen LogP contribution >= 0.6 is 0 Å². The van der Waals surface area contributed by atoms with Crippen LogP contribution < -0.4 is 10.8 Å². The highest BCUT2D eigenvalue weighted by Gasteiger charge is 2.52. The van der Waals surface area contributed by atoms with Crippen molar-refractivity contribution in [2.45, 2.75) is 38.9 Å². The van der Waals surface area contributed by atoms with E-state index in [-0.39, 0.29) is 18.3 Å². The number of nitrogens with zero attached hydrogens (tertiary/aromatic N) is 1. The maximum Gasteiger partial charge on any atom is 0.498 e. The van der Waals surface area contributed by atoms with Crippen molar-refractivity contribution in [3.05, 3.63) is 18.3 Å². The van der Waals surface area contributed by atoms with Gasteiger partial charge in [0.25, 0.3) is 0 Å². The summed E-state index contributed by atoms with van der Waals surface area (Å²) in [6.45, 7) is 8.18. The molecule has 5 heteroatoms. The Labute approximate surface area is 103 Å². The lowest BCUT2D eigenvalue weighted by atomic mass is 9.79. The van der Waals surface area contributed by atoms with Gasteiger partial charge in [-0.25, -0.2) is 4.98 Å². The van der Waals surface area contributed by atoms with Crippen molar-refractivity contribution in [2.24, 2.45) is 0 Å². The lowest BCUT2D eigenvalue weighted by Crippen LogP contribution is -2.41. The molecule has 0 unspecified atom stereocenters. The second-order valence-corrected chi connectivity index (χ2v) is 5.28. The molecular formula is C12H19BN2O2. The third-order valence-electron chi connectivity index (χ3n) is 3.58. The second-order valence-electron chi connectivity index (χ2n) is 5.28. The molecule has 0 atom stereocenters. The smallest absolute Gasteiger partial charge is 0.399 e. The van der Waals surface area contributed by atoms with Crippen molar-refractivity contribution in [1.29, 1.82) is 0 Å². The molecular weight excluding hydrogens is 215 g/mol. The molecule has 1 aliphatic heterocycles. The molecule has 92 valence electrons. The third-order valence-corrected chi connectivity index (χ3v) is 3.58. The molecule has 0 aliphatic carbocycles. The summed E-state index contributed by atoms with van der Waals surface area (Å²) in [6, 6.07) is 3.86. The molecule has 0 saturated carbocycles. The van der Waals surface area contributed by atoms with Gasteiger partial charge in [0.05, 0.1) is 11.2 Å². The first kappa shape index (κ1) is 12.4. The molecule has 1 saturated heterocycles. The van der Waals surface area contributed by atoms with E-state index in [4.69, 9.17) is 9.31 Å². The fourth-order valence-corrected chi connectivity index (χ4v) is 1.79. The topological polar surface area (TPSA) is 43.4 Å². The first-order valence-electron chi connectivity index (χ1n) is 5.86. The molecule has 0 amide bonds. The molecule has 1 fully saturated rings. The Morgan fingerprint density at radius 2 is 1.76 bits per heavy atom. The van der Waals surface area contributed by atoms with Crippen molar-refractivity contribution in [2.75, 3.05) is 12.4 Å². The molecule has 0 aromatic carbocycles. The summed E-state index contributed by atoms with van der Waals surface area (Å²) in [5.41, 5.74) is 0.297. The molecule has 0 radical (unpaired) electrons. The second kappa shape index (κ2) is 4.00. The Kier molecular flexibility index (Phi) is 2.91. The highest BCUT2D eigenvalue weighted by molar-refractivity contribution is 6.63. The Morgan fingerprint density at radius 3 is 2.29 bits per heavy atom. The maximum absolute atomic E-state index is 5.99. The van der Waals surface area contributed by atoms with Crippen LogP contribution in [0.5, 0.6) is 0 Å². The number of rotatable bonds is 2. The zero-order chi connectivity index (χ0) is 12.7. The molecule has 1 aliphatic rings. The quantitative estimate of drug-likeness (QED) is 0.786. The van der Waals surface area contributed by atoms with E-state index in [2.05, 4.69) is 10.3 Å². The minimum absolute atomic E-state index is 0.321. The molecule has 17 heavy (non-hydrogen) atoms. The predicted octanol–water partition coefficient (Wildman–Crippen LogP) is 1.42. The number of aromatic nitrogens is 1. The molecule has 2 heterocycles. The molecule has 1 aromatic heterocycles. The summed E-state index contributed by atoms with van der Waals surface area (Å²) in [4.78, 5) is 4.27. The lowest BCUT2D eigenvalue weighted by molar-refractivity contribution is 0.00578. The van der Waals surface area contributed by atoms with Crippen LogP contribution in [0.1, 0.15) is 27.7 Å². The van der Waals surface area contributed by atoms with Crippen molar-refractivity contribution in [1.82, 2.24) is 4.98 Å². The van der Waals surface area contributed by atoms with Gasteiger partial charge in [-0.3, -0.25) is 0 Å². The van der Waals surface area contributed by atoms with Crippen LogP contribution in [0.3, 0.4) is 0 Å². The highest BCUT2D eigenvalue weighted by atomic mass is 16.7. The zero-order valence-electron chi connectivity index (χ0n) is 11.1. The van der Waals surface area contributed by atoms with E-state index in [1.807, 2.05) is 46.9 Å². The van der Waals surface area contributed by atoms with Crippen LogP contribution in [0, 0.1) is 0 Å². The Hall–Kier alpha value is -1.07. The van der Waals surface area contributed by atoms with Gasteiger partial charge in [-0.2, -0.15) is 0 Å². The Bertz CT molecular complexity index is 405. The molecule has 0 bridgehead atoms. The van der Waals surface area contributed by atoms with Gasteiger partial charge in [0.15, 0.2) is 0 Å². The van der Waals surface area contributed by atoms with Gasteiger partial charge in [-0.05, 0) is 33.8 Å². The van der Waals surface area contributed by atoms with E-state index in [1.54, 1.807) is 6.20 Å². The Balaban J connectivity index is 2.32. The Morgan fingerprint density at radius 1 is 1.18 bits per heavy atom. The molecule has 1 N–H and O–H groups in total. The maximum atomic E-state index is 5.99. The molecule has 2 rings (SSSR count). The van der Waals surface area contributed by atoms with E-state index in [1.165, 1.54) is 0 Å². The number of anilines is 1. The number of hydrogen-bond acceptors (Lipinski definition) is 4. The highest BCUT2D eigenvalue weighted by Crippen LogP contribution is 2.36. The van der Waals surface area contributed by atoms with Crippen molar-refractivity contribution >= 4 is 18.4 Å². The molecule has 0 spiro atoms. The van der Waals surface area contributed by atoms with Gasteiger partial charge >= 0.3 is 7.12 Å². The minimum Gasteiger partial charge on any atom is -0.399 e. The monoisotopic (exact) mass is 234 g/mol. The summed E-state index contributed by atoms with van der Waals surface area (Å²) in [5, 5.41) is 3.06. The lowest BCUT2D eigenvalue weighted by Gasteiger charge is -2.32. The predicted molar refractivity (Wildman–Crippen MR) is 69.5 cm³/mol. The SMILES string of the molecule is CNc1ncccc1B1OC(C)(C)C(C)(C)O1. The fraction of sp³-hybridized carbons (Fsp3) is 0.583. The zero-order valence-corrected chi connectivity index (χ0v) is 11.1. The summed E-state index contributed by atoms with van der Waals surface area (Å²) in [7, 11) is 1.48. The summed E-state index contributed by atoms with van der Waals surface area (Å²) in [6.07, 6.45) is 1.75. The van der Waals surface area contributed by atoms with Gasteiger partial charge in [-0.15, -0.1) is 0 Å². The van der Waals surface area contributed by atoms with E-state index in [9.17, 15) is 0 Å². The largest absolute Gasteiger partial charge is 0.498 e. The summed E-state index contributed by atoms with van der Waals surface area (Å²) >= 11 is 0. The standard InChI is InChI=1S/C12H19BN2O2/c1-11(2)12(3,4)17-13(16-11)9-7-6-8-15-10(9)14-5/h6-8H,1-5H3,(H,14,15). The van der Waals surface area contributed by atoms with Crippen LogP contribution in [0.25, 0.3) is 0 Å². The number of pyridine rings is 1. The average molecular weight is 234 g/mol. The van der Waals surface area contributed by atoms with Crippen molar-refractivity contribution < 1.29 is 9.31 Å². The van der Waals surface area contributed by atoms with Crippen LogP contribution in [0.4, 0.5) is 5.82 Å². The normalized spacial score (nSPS) is 21.6. The molecule has 4 nitrogen and oxygen atoms in total. The number of hydrogen-bond donors (Lipinski definition) is 1. The summed E-state index contributed by atoms with van der Waals surface area (Å²) in [5.74, 6) is 0.797. The number of nitrogens with one attached hydrogen (secondary N) is 1. The molecule has 1 aromatic rings. The van der Waals surface area contributed by atoms with Crippen molar-refractivity contribution in [3.63, 3.8) is 0 Å². The van der Waals surface area contributed by atoms with Crippen molar-refractivity contribution in [3.8, 4) is 0 Å². The minimum atomic E-state index is -0.365. The van der Waals surface area contributed by atoms with E-state index in [0.29, 0.717) is 0 Å². The van der Waals surface area contributed by atoms with Crippen LogP contribution in [-0.2, 0) is 9.31 Å². The summed E-state index contributed by atoms with van der Waals surface area (Å²) < 4.78 is 12.0. The van der Waals surface area contributed by atoms with Crippen LogP contribution in [0.2, 0.25) is 0 Å². The van der Waals surface area contributed by atoms with Gasteiger partial charge in [-0.1, -0.05) is 6.07 Å². The first-order chi connectivity index (χ1) is 7.87. The first-order valence-corrected chi connectivity index (χ1v) is 5.86. The van der Waals surface area contributed by atoms with Gasteiger partial charge in [0.1, 0.15) is 5.82 Å². The average Bonchev–Trinajstić information content (AvgIpc) is 2.48. The van der Waals surface area contributed by atoms with E-state index < -0.39 is 0 Å². The third kappa shape index (κ3) is 2.05. The fourth-order valence-electron chi connectivity index (χ4n) is 1.79. The van der Waals surface area contributed by atoms with E-state index >= 15 is 0 Å². The van der Waals surface area contributed by atoms with Crippen LogP contribution in [0.15, 0.2) is 18.3 Å². The van der Waals surface area contributed by atoms with Crippen LogP contribution in [-0.4, -0.2) is 30.4 Å².